The van der Waals surface area contributed by atoms with E-state index in [4.69, 9.17) is 4.74 Å². The van der Waals surface area contributed by atoms with Crippen LogP contribution in [0.25, 0.3) is 0 Å². The Labute approximate surface area is 172 Å². The number of aliphatic imine (C=N–C) groups is 1. The fourth-order valence-corrected chi connectivity index (χ4v) is 7.34. The molecule has 2 aromatic carbocycles. The van der Waals surface area contributed by atoms with Crippen LogP contribution < -0.4 is 9.64 Å². The summed E-state index contributed by atoms with van der Waals surface area (Å²) in [6, 6.07) is 14.5. The van der Waals surface area contributed by atoms with Crippen molar-refractivity contribution in [1.82, 2.24) is 0 Å². The van der Waals surface area contributed by atoms with Crippen LogP contribution in [0.5, 0.6) is 5.75 Å². The van der Waals surface area contributed by atoms with Gasteiger partial charge in [0.25, 0.3) is 5.91 Å². The number of carbonyl (C=O) groups is 1. The number of nitrogens with zero attached hydrogens (tertiary/aromatic N) is 2. The number of benzene rings is 2. The summed E-state index contributed by atoms with van der Waals surface area (Å²) in [6.07, 6.45) is -0.836. The van der Waals surface area contributed by atoms with Crippen LogP contribution in [0, 0.1) is 5.82 Å². The first-order valence-electron chi connectivity index (χ1n) is 9.09. The van der Waals surface area contributed by atoms with Crippen LogP contribution >= 0.6 is 11.8 Å². The molecule has 0 unspecified atom stereocenters. The number of para-hydroxylation sites is 2. The molecule has 2 aromatic rings. The summed E-state index contributed by atoms with van der Waals surface area (Å²) in [7, 11) is -3.22. The highest BCUT2D eigenvalue weighted by atomic mass is 32.2. The Morgan fingerprint density at radius 3 is 2.59 bits per heavy atom. The molecule has 0 N–H and O–H groups in total. The molecule has 0 radical (unpaired) electrons. The predicted octanol–water partition coefficient (Wildman–Crippen LogP) is 2.89. The van der Waals surface area contributed by atoms with Gasteiger partial charge in [0.15, 0.2) is 21.1 Å². The van der Waals surface area contributed by atoms with E-state index in [2.05, 4.69) is 4.99 Å². The lowest BCUT2D eigenvalue weighted by Crippen LogP contribution is -2.38. The molecule has 0 spiro atoms. The van der Waals surface area contributed by atoms with E-state index < -0.39 is 33.7 Å². The molecule has 0 aromatic heterocycles. The Bertz CT molecular complexity index is 1060. The lowest BCUT2D eigenvalue weighted by atomic mass is 10.2. The van der Waals surface area contributed by atoms with Gasteiger partial charge >= 0.3 is 0 Å². The van der Waals surface area contributed by atoms with Gasteiger partial charge in [-0.05, 0) is 31.2 Å². The molecule has 2 aliphatic rings. The zero-order valence-corrected chi connectivity index (χ0v) is 17.2. The number of sulfone groups is 1. The third kappa shape index (κ3) is 4.16. The molecule has 0 aliphatic carbocycles. The smallest absolute Gasteiger partial charge is 0.288 e. The van der Waals surface area contributed by atoms with Crippen LogP contribution in [-0.2, 0) is 14.6 Å². The summed E-state index contributed by atoms with van der Waals surface area (Å²) in [5, 5.41) is 0.00464. The molecule has 2 saturated heterocycles. The maximum atomic E-state index is 14.5. The Kier molecular flexibility index (Phi) is 5.35. The number of anilines is 1. The molecule has 9 heteroatoms. The Morgan fingerprint density at radius 2 is 1.86 bits per heavy atom. The van der Waals surface area contributed by atoms with Crippen molar-refractivity contribution in [2.45, 2.75) is 24.3 Å². The first kappa shape index (κ1) is 19.9. The van der Waals surface area contributed by atoms with E-state index in [1.165, 1.54) is 17.8 Å². The molecule has 4 rings (SSSR count). The molecule has 2 fully saturated rings. The number of ether oxygens (including phenoxy) is 1. The monoisotopic (exact) mass is 434 g/mol. The van der Waals surface area contributed by atoms with Crippen LogP contribution in [0.4, 0.5) is 10.1 Å². The largest absolute Gasteiger partial charge is 0.481 e. The lowest BCUT2D eigenvalue weighted by Gasteiger charge is -2.25. The highest BCUT2D eigenvalue weighted by Gasteiger charge is 2.50. The molecule has 2 aliphatic heterocycles. The Morgan fingerprint density at radius 1 is 1.17 bits per heavy atom. The van der Waals surface area contributed by atoms with Crippen molar-refractivity contribution in [2.24, 2.45) is 4.99 Å². The van der Waals surface area contributed by atoms with Crippen molar-refractivity contribution in [3.63, 3.8) is 0 Å². The SMILES string of the molecule is C[C@H](Oc1ccccc1)C(=O)N=C1S[C@@H]2CS(=O)(=O)C[C@@H]2N1c1ccccc1F. The van der Waals surface area contributed by atoms with Crippen molar-refractivity contribution >= 4 is 38.4 Å². The summed E-state index contributed by atoms with van der Waals surface area (Å²) in [5.41, 5.74) is 0.216. The third-order valence-electron chi connectivity index (χ3n) is 4.79. The van der Waals surface area contributed by atoms with Gasteiger partial charge in [-0.3, -0.25) is 4.79 Å². The fourth-order valence-electron chi connectivity index (χ4n) is 3.43. The van der Waals surface area contributed by atoms with Gasteiger partial charge in [-0.2, -0.15) is 4.99 Å². The second-order valence-corrected chi connectivity index (χ2v) is 10.3. The van der Waals surface area contributed by atoms with E-state index in [0.717, 1.165) is 0 Å². The van der Waals surface area contributed by atoms with Crippen LogP contribution in [-0.4, -0.2) is 48.4 Å². The molecule has 1 amide bonds. The summed E-state index contributed by atoms with van der Waals surface area (Å²) in [6.45, 7) is 1.59. The van der Waals surface area contributed by atoms with E-state index in [1.807, 2.05) is 6.07 Å². The highest BCUT2D eigenvalue weighted by molar-refractivity contribution is 8.16. The van der Waals surface area contributed by atoms with E-state index in [1.54, 1.807) is 54.3 Å². The highest BCUT2D eigenvalue weighted by Crippen LogP contribution is 2.41. The Balaban J connectivity index is 1.63. The van der Waals surface area contributed by atoms with Crippen LogP contribution in [0.1, 0.15) is 6.92 Å². The summed E-state index contributed by atoms with van der Waals surface area (Å²) in [5.74, 6) is -0.576. The topological polar surface area (TPSA) is 76.0 Å². The van der Waals surface area contributed by atoms with Gasteiger partial charge in [0.2, 0.25) is 0 Å². The molecule has 0 bridgehead atoms. The molecular formula is C20H19FN2O4S2. The predicted molar refractivity (Wildman–Crippen MR) is 112 cm³/mol. The van der Waals surface area contributed by atoms with Gasteiger partial charge in [-0.15, -0.1) is 0 Å². The number of hydrogen-bond donors (Lipinski definition) is 0. The van der Waals surface area contributed by atoms with E-state index in [-0.39, 0.29) is 22.4 Å². The van der Waals surface area contributed by atoms with Crippen LogP contribution in [0.3, 0.4) is 0 Å². The quantitative estimate of drug-likeness (QED) is 0.737. The average molecular weight is 435 g/mol. The molecule has 2 heterocycles. The second-order valence-electron chi connectivity index (χ2n) is 6.93. The van der Waals surface area contributed by atoms with Crippen molar-refractivity contribution in [3.8, 4) is 5.75 Å². The number of amides is 1. The zero-order chi connectivity index (χ0) is 20.6. The average Bonchev–Trinajstić information content (AvgIpc) is 3.14. The molecule has 3 atom stereocenters. The molecule has 6 nitrogen and oxygen atoms in total. The molecule has 29 heavy (non-hydrogen) atoms. The number of rotatable bonds is 4. The maximum absolute atomic E-state index is 14.5. The van der Waals surface area contributed by atoms with Crippen molar-refractivity contribution in [3.05, 3.63) is 60.4 Å². The van der Waals surface area contributed by atoms with Crippen LogP contribution in [0.15, 0.2) is 59.6 Å². The van der Waals surface area contributed by atoms with Crippen molar-refractivity contribution < 1.29 is 22.3 Å². The molecule has 152 valence electrons. The number of amidine groups is 1. The summed E-state index contributed by atoms with van der Waals surface area (Å²) < 4.78 is 44.3. The van der Waals surface area contributed by atoms with E-state index >= 15 is 0 Å². The van der Waals surface area contributed by atoms with Gasteiger partial charge in [0.05, 0.1) is 23.2 Å². The number of halogens is 1. The maximum Gasteiger partial charge on any atom is 0.288 e. The minimum absolute atomic E-state index is 0.0173. The normalized spacial score (nSPS) is 25.0. The molecular weight excluding hydrogens is 415 g/mol. The number of carbonyl (C=O) groups excluding carboxylic acids is 1. The van der Waals surface area contributed by atoms with Crippen molar-refractivity contribution in [2.75, 3.05) is 16.4 Å². The first-order valence-corrected chi connectivity index (χ1v) is 11.8. The number of thioether (sulfide) groups is 1. The fraction of sp³-hybridized carbons (Fsp3) is 0.300. The second kappa shape index (κ2) is 7.79. The third-order valence-corrected chi connectivity index (χ3v) is 8.00. The van der Waals surface area contributed by atoms with Gasteiger partial charge in [0.1, 0.15) is 11.6 Å². The van der Waals surface area contributed by atoms with Gasteiger partial charge in [0, 0.05) is 5.25 Å². The Hall–Kier alpha value is -2.39. The van der Waals surface area contributed by atoms with Gasteiger partial charge in [-0.25, -0.2) is 12.8 Å². The standard InChI is InChI=1S/C20H19FN2O4S2/c1-13(27-14-7-3-2-4-8-14)19(24)22-20-23(16-10-6-5-9-15(16)21)17-11-29(25,26)12-18(17)28-20/h2-10,13,17-18H,11-12H2,1H3/t13-,17-,18+/m0/s1. The van der Waals surface area contributed by atoms with Gasteiger partial charge in [-0.1, -0.05) is 42.1 Å². The van der Waals surface area contributed by atoms with Gasteiger partial charge < -0.3 is 9.64 Å². The van der Waals surface area contributed by atoms with E-state index in [9.17, 15) is 17.6 Å². The van der Waals surface area contributed by atoms with E-state index in [0.29, 0.717) is 10.9 Å². The number of fused-ring (bicyclic) bond motifs is 1. The minimum Gasteiger partial charge on any atom is -0.481 e. The molecule has 0 saturated carbocycles. The lowest BCUT2D eigenvalue weighted by molar-refractivity contribution is -0.123. The van der Waals surface area contributed by atoms with Crippen LogP contribution in [0.2, 0.25) is 0 Å². The minimum atomic E-state index is -3.22. The summed E-state index contributed by atoms with van der Waals surface area (Å²) >= 11 is 1.20. The van der Waals surface area contributed by atoms with Crippen molar-refractivity contribution in [1.29, 1.82) is 0 Å². The zero-order valence-electron chi connectivity index (χ0n) is 15.6. The summed E-state index contributed by atoms with van der Waals surface area (Å²) in [4.78, 5) is 18.4. The first-order chi connectivity index (χ1) is 13.8. The number of hydrogen-bond acceptors (Lipinski definition) is 5.